The highest BCUT2D eigenvalue weighted by molar-refractivity contribution is 5.69. The van der Waals surface area contributed by atoms with Gasteiger partial charge in [-0.3, -0.25) is 4.79 Å². The Bertz CT molecular complexity index is 184. The lowest BCUT2D eigenvalue weighted by atomic mass is 10.2. The molecule has 0 bridgehead atoms. The molecule has 0 saturated heterocycles. The molecule has 0 aromatic carbocycles. The van der Waals surface area contributed by atoms with Gasteiger partial charge in [-0.25, -0.2) is 0 Å². The first-order valence-corrected chi connectivity index (χ1v) is 5.17. The van der Waals surface area contributed by atoms with Gasteiger partial charge < -0.3 is 14.2 Å². The van der Waals surface area contributed by atoms with Gasteiger partial charge >= 0.3 is 5.97 Å². The fourth-order valence-electron chi connectivity index (χ4n) is 1.02. The second-order valence-corrected chi connectivity index (χ2v) is 4.47. The summed E-state index contributed by atoms with van der Waals surface area (Å²) in [7, 11) is 1.62. The molecular formula is C11H22O4. The van der Waals surface area contributed by atoms with Crippen LogP contribution in [0.25, 0.3) is 0 Å². The second kappa shape index (κ2) is 6.80. The Morgan fingerprint density at radius 2 is 1.93 bits per heavy atom. The zero-order valence-corrected chi connectivity index (χ0v) is 10.3. The van der Waals surface area contributed by atoms with Crippen molar-refractivity contribution in [3.8, 4) is 0 Å². The predicted octanol–water partition coefficient (Wildman–Crippen LogP) is 1.77. The molecule has 0 rings (SSSR count). The van der Waals surface area contributed by atoms with E-state index in [4.69, 9.17) is 14.2 Å². The van der Waals surface area contributed by atoms with Crippen molar-refractivity contribution < 1.29 is 19.0 Å². The van der Waals surface area contributed by atoms with Crippen LogP contribution in [0.4, 0.5) is 0 Å². The lowest BCUT2D eigenvalue weighted by Gasteiger charge is -2.19. The van der Waals surface area contributed by atoms with Gasteiger partial charge in [-0.05, 0) is 27.7 Å². The molecule has 0 fully saturated rings. The summed E-state index contributed by atoms with van der Waals surface area (Å²) in [5, 5.41) is 0. The topological polar surface area (TPSA) is 44.8 Å². The van der Waals surface area contributed by atoms with E-state index in [9.17, 15) is 4.79 Å². The van der Waals surface area contributed by atoms with E-state index in [2.05, 4.69) is 0 Å². The number of hydrogen-bond acceptors (Lipinski definition) is 4. The van der Waals surface area contributed by atoms with E-state index in [-0.39, 0.29) is 18.5 Å². The number of carbonyl (C=O) groups is 1. The largest absolute Gasteiger partial charge is 0.460 e. The highest BCUT2D eigenvalue weighted by atomic mass is 16.6. The van der Waals surface area contributed by atoms with Crippen molar-refractivity contribution in [3.63, 3.8) is 0 Å². The van der Waals surface area contributed by atoms with Crippen LogP contribution in [0.3, 0.4) is 0 Å². The monoisotopic (exact) mass is 218 g/mol. The van der Waals surface area contributed by atoms with Crippen molar-refractivity contribution in [2.75, 3.05) is 20.3 Å². The Morgan fingerprint density at radius 1 is 1.33 bits per heavy atom. The molecule has 0 aliphatic rings. The summed E-state index contributed by atoms with van der Waals surface area (Å²) in [6.45, 7) is 8.35. The van der Waals surface area contributed by atoms with Crippen LogP contribution in [0.2, 0.25) is 0 Å². The van der Waals surface area contributed by atoms with Crippen molar-refractivity contribution >= 4 is 5.97 Å². The Morgan fingerprint density at radius 3 is 2.40 bits per heavy atom. The lowest BCUT2D eigenvalue weighted by Crippen LogP contribution is -2.25. The number of esters is 1. The quantitative estimate of drug-likeness (QED) is 0.637. The minimum Gasteiger partial charge on any atom is -0.460 e. The normalized spacial score (nSPS) is 13.7. The summed E-state index contributed by atoms with van der Waals surface area (Å²) < 4.78 is 15.4. The molecular weight excluding hydrogens is 196 g/mol. The van der Waals surface area contributed by atoms with Crippen molar-refractivity contribution in [3.05, 3.63) is 0 Å². The van der Waals surface area contributed by atoms with Gasteiger partial charge in [0.2, 0.25) is 0 Å². The summed E-state index contributed by atoms with van der Waals surface area (Å²) in [4.78, 5) is 11.3. The van der Waals surface area contributed by atoms with Crippen LogP contribution in [0.5, 0.6) is 0 Å². The van der Waals surface area contributed by atoms with Gasteiger partial charge in [0.15, 0.2) is 0 Å². The van der Waals surface area contributed by atoms with Gasteiger partial charge in [0.1, 0.15) is 5.60 Å². The lowest BCUT2D eigenvalue weighted by molar-refractivity contribution is -0.156. The molecule has 0 aromatic heterocycles. The molecule has 0 aliphatic carbocycles. The van der Waals surface area contributed by atoms with Gasteiger partial charge in [-0.15, -0.1) is 0 Å². The first-order valence-electron chi connectivity index (χ1n) is 5.17. The third-order valence-corrected chi connectivity index (χ3v) is 1.53. The summed E-state index contributed by atoms with van der Waals surface area (Å²) in [5.41, 5.74) is -0.421. The molecule has 0 aromatic rings. The minimum atomic E-state index is -0.421. The highest BCUT2D eigenvalue weighted by Crippen LogP contribution is 2.08. The molecule has 0 heterocycles. The second-order valence-electron chi connectivity index (χ2n) is 4.47. The highest BCUT2D eigenvalue weighted by Gasteiger charge is 2.16. The molecule has 15 heavy (non-hydrogen) atoms. The summed E-state index contributed by atoms with van der Waals surface area (Å²) in [6, 6.07) is 0. The minimum absolute atomic E-state index is 0.0115. The van der Waals surface area contributed by atoms with Gasteiger partial charge in [-0.2, -0.15) is 0 Å². The van der Waals surface area contributed by atoms with Crippen LogP contribution < -0.4 is 0 Å². The Kier molecular flexibility index (Phi) is 6.52. The van der Waals surface area contributed by atoms with E-state index in [1.807, 2.05) is 27.7 Å². The van der Waals surface area contributed by atoms with Crippen LogP contribution in [-0.2, 0) is 19.0 Å². The number of rotatable bonds is 6. The standard InChI is InChI=1S/C11H22O4/c1-9(8-13-5)14-7-6-10(12)15-11(2,3)4/h9H,6-8H2,1-5H3. The van der Waals surface area contributed by atoms with Crippen LogP contribution in [0.15, 0.2) is 0 Å². The average Bonchev–Trinajstić information content (AvgIpc) is 2.00. The number of hydrogen-bond donors (Lipinski definition) is 0. The summed E-state index contributed by atoms with van der Waals surface area (Å²) in [5.74, 6) is -0.230. The van der Waals surface area contributed by atoms with Gasteiger partial charge in [-0.1, -0.05) is 0 Å². The van der Waals surface area contributed by atoms with E-state index in [1.54, 1.807) is 7.11 Å². The SMILES string of the molecule is COCC(C)OCCC(=O)OC(C)(C)C. The predicted molar refractivity (Wildman–Crippen MR) is 57.8 cm³/mol. The molecule has 0 aliphatic heterocycles. The van der Waals surface area contributed by atoms with E-state index in [1.165, 1.54) is 0 Å². The molecule has 1 atom stereocenters. The van der Waals surface area contributed by atoms with E-state index in [0.717, 1.165) is 0 Å². The van der Waals surface area contributed by atoms with Gasteiger partial charge in [0.05, 0.1) is 25.7 Å². The zero-order chi connectivity index (χ0) is 11.9. The van der Waals surface area contributed by atoms with E-state index < -0.39 is 5.60 Å². The smallest absolute Gasteiger partial charge is 0.308 e. The summed E-state index contributed by atoms with van der Waals surface area (Å²) in [6.07, 6.45) is 0.295. The maximum Gasteiger partial charge on any atom is 0.308 e. The number of methoxy groups -OCH3 is 1. The molecule has 0 saturated carbocycles. The third-order valence-electron chi connectivity index (χ3n) is 1.53. The van der Waals surface area contributed by atoms with Gasteiger partial charge in [0, 0.05) is 7.11 Å². The molecule has 4 heteroatoms. The molecule has 90 valence electrons. The molecule has 4 nitrogen and oxygen atoms in total. The Balaban J connectivity index is 3.55. The third kappa shape index (κ3) is 9.69. The maximum atomic E-state index is 11.3. The Hall–Kier alpha value is -0.610. The average molecular weight is 218 g/mol. The van der Waals surface area contributed by atoms with Crippen molar-refractivity contribution in [1.82, 2.24) is 0 Å². The van der Waals surface area contributed by atoms with Crippen molar-refractivity contribution in [1.29, 1.82) is 0 Å². The van der Waals surface area contributed by atoms with E-state index >= 15 is 0 Å². The molecule has 0 radical (unpaired) electrons. The number of ether oxygens (including phenoxy) is 3. The first-order chi connectivity index (χ1) is 6.85. The summed E-state index contributed by atoms with van der Waals surface area (Å²) >= 11 is 0. The fraction of sp³-hybridized carbons (Fsp3) is 0.909. The number of carbonyl (C=O) groups excluding carboxylic acids is 1. The molecule has 0 spiro atoms. The first kappa shape index (κ1) is 14.4. The molecule has 0 N–H and O–H groups in total. The van der Waals surface area contributed by atoms with Crippen LogP contribution in [-0.4, -0.2) is 38.0 Å². The fourth-order valence-corrected chi connectivity index (χ4v) is 1.02. The van der Waals surface area contributed by atoms with Gasteiger partial charge in [0.25, 0.3) is 0 Å². The van der Waals surface area contributed by atoms with Crippen LogP contribution in [0.1, 0.15) is 34.1 Å². The van der Waals surface area contributed by atoms with Crippen LogP contribution >= 0.6 is 0 Å². The Labute approximate surface area is 91.9 Å². The van der Waals surface area contributed by atoms with Crippen LogP contribution in [0, 0.1) is 0 Å². The van der Waals surface area contributed by atoms with Crippen molar-refractivity contribution in [2.24, 2.45) is 0 Å². The van der Waals surface area contributed by atoms with Crippen molar-refractivity contribution in [2.45, 2.75) is 45.8 Å². The molecule has 1 unspecified atom stereocenters. The van der Waals surface area contributed by atoms with E-state index in [0.29, 0.717) is 13.2 Å². The maximum absolute atomic E-state index is 11.3. The molecule has 0 amide bonds. The zero-order valence-electron chi connectivity index (χ0n) is 10.3.